The van der Waals surface area contributed by atoms with Gasteiger partial charge in [-0.05, 0) is 23.3 Å². The third-order valence-electron chi connectivity index (χ3n) is 3.61. The molecule has 1 amide bonds. The van der Waals surface area contributed by atoms with Crippen molar-refractivity contribution in [2.45, 2.75) is 19.3 Å². The lowest BCUT2D eigenvalue weighted by Gasteiger charge is -2.08. The van der Waals surface area contributed by atoms with Crippen LogP contribution in [0.3, 0.4) is 0 Å². The molecule has 5 nitrogen and oxygen atoms in total. The summed E-state index contributed by atoms with van der Waals surface area (Å²) in [6.07, 6.45) is -0.882. The number of carbonyl (C=O) groups is 1. The van der Waals surface area contributed by atoms with Gasteiger partial charge in [-0.25, -0.2) is 4.98 Å². The Hall–Kier alpha value is -2.87. The third kappa shape index (κ3) is 4.82. The van der Waals surface area contributed by atoms with Gasteiger partial charge in [0, 0.05) is 18.9 Å². The Balaban J connectivity index is 1.52. The second kappa shape index (κ2) is 7.57. The van der Waals surface area contributed by atoms with Crippen LogP contribution in [0.15, 0.2) is 54.9 Å². The molecule has 2 aromatic heterocycles. The molecule has 2 heterocycles. The van der Waals surface area contributed by atoms with Gasteiger partial charge in [0.05, 0.1) is 6.61 Å². The van der Waals surface area contributed by atoms with E-state index in [1.54, 1.807) is 47.1 Å². The lowest BCUT2D eigenvalue weighted by atomic mass is 10.1. The summed E-state index contributed by atoms with van der Waals surface area (Å²) in [7, 11) is 0. The van der Waals surface area contributed by atoms with Crippen LogP contribution < -0.4 is 5.32 Å². The first-order valence-corrected chi connectivity index (χ1v) is 7.85. The van der Waals surface area contributed by atoms with Crippen molar-refractivity contribution in [1.29, 1.82) is 0 Å². The summed E-state index contributed by atoms with van der Waals surface area (Å²) in [6.45, 7) is -1.10. The standard InChI is InChI=1S/C18H16F3N3O2/c19-18(20,21)12-26-11-14-6-4-13(5-7-14)9-22-17(25)15-10-24-8-2-1-3-16(24)23-15/h1-8,10H,9,11-12H2,(H,22,25). The van der Waals surface area contributed by atoms with Crippen molar-refractivity contribution >= 4 is 11.6 Å². The van der Waals surface area contributed by atoms with Gasteiger partial charge in [0.25, 0.3) is 5.91 Å². The van der Waals surface area contributed by atoms with E-state index in [2.05, 4.69) is 15.0 Å². The molecule has 0 saturated carbocycles. The predicted octanol–water partition coefficient (Wildman–Crippen LogP) is 3.34. The number of nitrogens with zero attached hydrogens (tertiary/aromatic N) is 2. The number of hydrogen-bond acceptors (Lipinski definition) is 3. The van der Waals surface area contributed by atoms with Crippen LogP contribution in [0.5, 0.6) is 0 Å². The van der Waals surface area contributed by atoms with Crippen LogP contribution in [0.2, 0.25) is 0 Å². The molecule has 0 spiro atoms. The number of hydrogen-bond donors (Lipinski definition) is 1. The van der Waals surface area contributed by atoms with E-state index in [0.29, 0.717) is 16.9 Å². The number of ether oxygens (including phenoxy) is 1. The number of amides is 1. The highest BCUT2D eigenvalue weighted by Gasteiger charge is 2.27. The Morgan fingerprint density at radius 2 is 1.85 bits per heavy atom. The van der Waals surface area contributed by atoms with E-state index >= 15 is 0 Å². The van der Waals surface area contributed by atoms with Gasteiger partial charge < -0.3 is 14.5 Å². The molecule has 0 atom stereocenters. The van der Waals surface area contributed by atoms with E-state index in [0.717, 1.165) is 5.56 Å². The van der Waals surface area contributed by atoms with Crippen LogP contribution in [-0.4, -0.2) is 28.1 Å². The van der Waals surface area contributed by atoms with Gasteiger partial charge >= 0.3 is 6.18 Å². The molecule has 26 heavy (non-hydrogen) atoms. The fourth-order valence-corrected chi connectivity index (χ4v) is 2.35. The first-order chi connectivity index (χ1) is 12.4. The first kappa shape index (κ1) is 17.9. The minimum Gasteiger partial charge on any atom is -0.367 e. The molecule has 0 aliphatic heterocycles. The van der Waals surface area contributed by atoms with Crippen molar-refractivity contribution in [2.75, 3.05) is 6.61 Å². The molecule has 0 aliphatic rings. The van der Waals surface area contributed by atoms with Gasteiger partial charge in [0.2, 0.25) is 0 Å². The molecular weight excluding hydrogens is 347 g/mol. The fraction of sp³-hybridized carbons (Fsp3) is 0.222. The van der Waals surface area contributed by atoms with Gasteiger partial charge in [-0.15, -0.1) is 0 Å². The topological polar surface area (TPSA) is 55.6 Å². The molecule has 1 aromatic carbocycles. The minimum absolute atomic E-state index is 0.118. The second-order valence-corrected chi connectivity index (χ2v) is 5.70. The Kier molecular flexibility index (Phi) is 5.22. The SMILES string of the molecule is O=C(NCc1ccc(COCC(F)(F)F)cc1)c1cn2ccccc2n1. The third-order valence-corrected chi connectivity index (χ3v) is 3.61. The van der Waals surface area contributed by atoms with Gasteiger partial charge in [-0.2, -0.15) is 13.2 Å². The number of benzene rings is 1. The maximum Gasteiger partial charge on any atom is 0.411 e. The summed E-state index contributed by atoms with van der Waals surface area (Å²) in [5.41, 5.74) is 2.44. The van der Waals surface area contributed by atoms with Crippen LogP contribution in [0, 0.1) is 0 Å². The van der Waals surface area contributed by atoms with Crippen LogP contribution in [0.25, 0.3) is 5.65 Å². The zero-order valence-electron chi connectivity index (χ0n) is 13.7. The monoisotopic (exact) mass is 363 g/mol. The quantitative estimate of drug-likeness (QED) is 0.731. The first-order valence-electron chi connectivity index (χ1n) is 7.85. The summed E-state index contributed by atoms with van der Waals surface area (Å²) in [6, 6.07) is 12.3. The molecule has 0 bridgehead atoms. The predicted molar refractivity (Wildman–Crippen MR) is 88.5 cm³/mol. The molecule has 0 radical (unpaired) electrons. The normalized spacial score (nSPS) is 11.7. The summed E-state index contributed by atoms with van der Waals surface area (Å²) >= 11 is 0. The van der Waals surface area contributed by atoms with Crippen molar-refractivity contribution in [1.82, 2.24) is 14.7 Å². The zero-order chi connectivity index (χ0) is 18.6. The Bertz CT molecular complexity index is 856. The number of carbonyl (C=O) groups excluding carboxylic acids is 1. The highest BCUT2D eigenvalue weighted by atomic mass is 19.4. The van der Waals surface area contributed by atoms with Gasteiger partial charge in [-0.1, -0.05) is 30.3 Å². The number of imidazole rings is 1. The molecule has 0 fully saturated rings. The molecule has 3 rings (SSSR count). The smallest absolute Gasteiger partial charge is 0.367 e. The maximum absolute atomic E-state index is 12.2. The molecule has 8 heteroatoms. The second-order valence-electron chi connectivity index (χ2n) is 5.70. The van der Waals surface area contributed by atoms with Crippen LogP contribution in [0.4, 0.5) is 13.2 Å². The molecule has 0 saturated heterocycles. The Morgan fingerprint density at radius 3 is 2.54 bits per heavy atom. The van der Waals surface area contributed by atoms with Crippen LogP contribution in [0.1, 0.15) is 21.6 Å². The minimum atomic E-state index is -4.33. The highest BCUT2D eigenvalue weighted by Crippen LogP contribution is 2.16. The highest BCUT2D eigenvalue weighted by molar-refractivity contribution is 5.92. The number of alkyl halides is 3. The average molecular weight is 363 g/mol. The van der Waals surface area contributed by atoms with Gasteiger partial charge in [0.1, 0.15) is 17.9 Å². The lowest BCUT2D eigenvalue weighted by molar-refractivity contribution is -0.176. The van der Waals surface area contributed by atoms with E-state index in [1.807, 2.05) is 12.1 Å². The van der Waals surface area contributed by atoms with E-state index in [9.17, 15) is 18.0 Å². The van der Waals surface area contributed by atoms with E-state index in [1.165, 1.54) is 0 Å². The molecular formula is C18H16F3N3O2. The average Bonchev–Trinajstić information content (AvgIpc) is 3.04. The van der Waals surface area contributed by atoms with Crippen LogP contribution >= 0.6 is 0 Å². The molecule has 1 N–H and O–H groups in total. The summed E-state index contributed by atoms with van der Waals surface area (Å²) in [5.74, 6) is -0.300. The molecule has 0 aliphatic carbocycles. The van der Waals surface area contributed by atoms with Crippen molar-refractivity contribution in [3.8, 4) is 0 Å². The number of pyridine rings is 1. The van der Waals surface area contributed by atoms with Crippen molar-refractivity contribution in [2.24, 2.45) is 0 Å². The van der Waals surface area contributed by atoms with Gasteiger partial charge in [-0.3, -0.25) is 4.79 Å². The van der Waals surface area contributed by atoms with Gasteiger partial charge in [0.15, 0.2) is 0 Å². The van der Waals surface area contributed by atoms with Crippen LogP contribution in [-0.2, 0) is 17.9 Å². The summed E-state index contributed by atoms with van der Waals surface area (Å²) in [4.78, 5) is 16.4. The van der Waals surface area contributed by atoms with Crippen molar-refractivity contribution in [3.63, 3.8) is 0 Å². The molecule has 136 valence electrons. The Labute approximate surface area is 147 Å². The van der Waals surface area contributed by atoms with E-state index in [4.69, 9.17) is 0 Å². The summed E-state index contributed by atoms with van der Waals surface area (Å²) in [5, 5.41) is 2.76. The number of fused-ring (bicyclic) bond motifs is 1. The molecule has 0 unspecified atom stereocenters. The number of aromatic nitrogens is 2. The van der Waals surface area contributed by atoms with Crippen molar-refractivity contribution in [3.05, 3.63) is 71.7 Å². The summed E-state index contributed by atoms with van der Waals surface area (Å²) < 4.78 is 42.5. The maximum atomic E-state index is 12.2. The number of halogens is 3. The lowest BCUT2D eigenvalue weighted by Crippen LogP contribution is -2.23. The largest absolute Gasteiger partial charge is 0.411 e. The van der Waals surface area contributed by atoms with Crippen molar-refractivity contribution < 1.29 is 22.7 Å². The zero-order valence-corrected chi connectivity index (χ0v) is 13.7. The Morgan fingerprint density at radius 1 is 1.12 bits per heavy atom. The van der Waals surface area contributed by atoms with E-state index in [-0.39, 0.29) is 19.1 Å². The number of rotatable bonds is 6. The number of nitrogens with one attached hydrogen (secondary N) is 1. The molecule has 3 aromatic rings. The van der Waals surface area contributed by atoms with E-state index < -0.39 is 12.8 Å². The fourth-order valence-electron chi connectivity index (χ4n) is 2.35.